The van der Waals surface area contributed by atoms with Crippen LogP contribution >= 0.6 is 0 Å². The lowest BCUT2D eigenvalue weighted by Crippen LogP contribution is -2.35. The van der Waals surface area contributed by atoms with Crippen molar-refractivity contribution in [2.45, 2.75) is 25.7 Å². The average Bonchev–Trinajstić information content (AvgIpc) is 3.42. The topological polar surface area (TPSA) is 88.2 Å². The summed E-state index contributed by atoms with van der Waals surface area (Å²) < 4.78 is 25.2. The van der Waals surface area contributed by atoms with Crippen LogP contribution in [0.1, 0.15) is 41.7 Å². The third-order valence-corrected chi connectivity index (χ3v) is 5.49. The van der Waals surface area contributed by atoms with Gasteiger partial charge in [0.05, 0.1) is 16.8 Å². The van der Waals surface area contributed by atoms with Gasteiger partial charge in [-0.05, 0) is 31.9 Å². The van der Waals surface area contributed by atoms with Crippen molar-refractivity contribution < 1.29 is 13.2 Å². The molecule has 1 heterocycles. The van der Waals surface area contributed by atoms with E-state index >= 15 is 0 Å². The van der Waals surface area contributed by atoms with Gasteiger partial charge < -0.3 is 5.32 Å². The van der Waals surface area contributed by atoms with Crippen LogP contribution in [0, 0.1) is 0 Å². The lowest BCUT2D eigenvalue weighted by atomic mass is 10.1. The number of sulfonamides is 1. The number of aromatic nitrogens is 1. The van der Waals surface area contributed by atoms with E-state index in [0.717, 1.165) is 29.4 Å². The molecule has 1 aromatic heterocycles. The maximum atomic E-state index is 12.5. The number of para-hydroxylation sites is 1. The van der Waals surface area contributed by atoms with Crippen LogP contribution in [0.3, 0.4) is 0 Å². The van der Waals surface area contributed by atoms with Crippen LogP contribution in [0.15, 0.2) is 30.3 Å². The highest BCUT2D eigenvalue weighted by atomic mass is 32.2. The number of fused-ring (bicyclic) bond motifs is 1. The third-order valence-electron chi connectivity index (χ3n) is 4.09. The van der Waals surface area contributed by atoms with Crippen molar-refractivity contribution in [3.05, 3.63) is 41.6 Å². The van der Waals surface area contributed by atoms with E-state index < -0.39 is 10.0 Å². The zero-order valence-electron chi connectivity index (χ0n) is 13.6. The maximum Gasteiger partial charge on any atom is 0.252 e. The number of hydrogen-bond donors (Lipinski definition) is 2. The molecule has 0 atom stereocenters. The molecule has 128 valence electrons. The Labute approximate surface area is 141 Å². The van der Waals surface area contributed by atoms with Crippen LogP contribution < -0.4 is 10.0 Å². The van der Waals surface area contributed by atoms with Crippen molar-refractivity contribution in [2.24, 2.45) is 0 Å². The first-order valence-electron chi connectivity index (χ1n) is 8.15. The number of nitrogens with zero attached hydrogens (tertiary/aromatic N) is 1. The summed E-state index contributed by atoms with van der Waals surface area (Å²) in [4.78, 5) is 17.2. The predicted molar refractivity (Wildman–Crippen MR) is 93.5 cm³/mol. The zero-order valence-corrected chi connectivity index (χ0v) is 14.4. The van der Waals surface area contributed by atoms with Crippen molar-refractivity contribution in [1.29, 1.82) is 0 Å². The fraction of sp³-hybridized carbons (Fsp3) is 0.412. The second-order valence-corrected chi connectivity index (χ2v) is 8.04. The van der Waals surface area contributed by atoms with Crippen LogP contribution in [-0.2, 0) is 10.0 Å². The quantitative estimate of drug-likeness (QED) is 0.747. The summed E-state index contributed by atoms with van der Waals surface area (Å²) in [7, 11) is -3.24. The number of amides is 1. The summed E-state index contributed by atoms with van der Waals surface area (Å²) >= 11 is 0. The Morgan fingerprint density at radius 1 is 1.25 bits per heavy atom. The van der Waals surface area contributed by atoms with E-state index in [1.54, 1.807) is 6.92 Å². The molecule has 0 unspecified atom stereocenters. The first-order chi connectivity index (χ1) is 11.5. The summed E-state index contributed by atoms with van der Waals surface area (Å²) in [5.41, 5.74) is 2.38. The van der Waals surface area contributed by atoms with E-state index in [1.807, 2.05) is 30.3 Å². The van der Waals surface area contributed by atoms with Gasteiger partial charge in [0, 0.05) is 30.1 Å². The van der Waals surface area contributed by atoms with Gasteiger partial charge in [-0.3, -0.25) is 9.78 Å². The van der Waals surface area contributed by atoms with Crippen molar-refractivity contribution in [3.8, 4) is 0 Å². The minimum Gasteiger partial charge on any atom is -0.351 e. The predicted octanol–water partition coefficient (Wildman–Crippen LogP) is 1.78. The smallest absolute Gasteiger partial charge is 0.252 e. The molecule has 1 amide bonds. The van der Waals surface area contributed by atoms with Gasteiger partial charge in [-0.1, -0.05) is 18.2 Å². The molecule has 3 rings (SSSR count). The van der Waals surface area contributed by atoms with Crippen LogP contribution in [0.5, 0.6) is 0 Å². The van der Waals surface area contributed by atoms with E-state index in [9.17, 15) is 13.2 Å². The van der Waals surface area contributed by atoms with Crippen LogP contribution in [0.25, 0.3) is 10.9 Å². The highest BCUT2D eigenvalue weighted by Gasteiger charge is 2.26. The first kappa shape index (κ1) is 16.9. The van der Waals surface area contributed by atoms with Gasteiger partial charge in [-0.15, -0.1) is 0 Å². The zero-order chi connectivity index (χ0) is 17.2. The molecule has 0 bridgehead atoms. The Kier molecular flexibility index (Phi) is 4.82. The standard InChI is InChI=1S/C17H21N3O3S/c1-2-24(22,23)19-10-9-18-17(21)14-11-16(12-7-8-12)20-15-6-4-3-5-13(14)15/h3-6,11-12,19H,2,7-10H2,1H3,(H,18,21). The van der Waals surface area contributed by atoms with Gasteiger partial charge >= 0.3 is 0 Å². The number of nitrogens with one attached hydrogen (secondary N) is 2. The fourth-order valence-corrected chi connectivity index (χ4v) is 3.17. The van der Waals surface area contributed by atoms with Gasteiger partial charge in [-0.25, -0.2) is 13.1 Å². The van der Waals surface area contributed by atoms with Gasteiger partial charge in [0.1, 0.15) is 0 Å². The Hall–Kier alpha value is -1.99. The lowest BCUT2D eigenvalue weighted by Gasteiger charge is -2.10. The summed E-state index contributed by atoms with van der Waals surface area (Å²) in [6.45, 7) is 2.00. The van der Waals surface area contributed by atoms with E-state index in [-0.39, 0.29) is 24.7 Å². The largest absolute Gasteiger partial charge is 0.351 e. The Bertz CT molecular complexity index is 861. The summed E-state index contributed by atoms with van der Waals surface area (Å²) in [6.07, 6.45) is 2.23. The molecule has 1 saturated carbocycles. The maximum absolute atomic E-state index is 12.5. The van der Waals surface area contributed by atoms with Crippen LogP contribution in [0.2, 0.25) is 0 Å². The molecule has 1 aliphatic rings. The molecule has 24 heavy (non-hydrogen) atoms. The number of carbonyl (C=O) groups excluding carboxylic acids is 1. The lowest BCUT2D eigenvalue weighted by molar-refractivity contribution is 0.0956. The summed E-state index contributed by atoms with van der Waals surface area (Å²) in [5.74, 6) is 0.282. The average molecular weight is 347 g/mol. The Morgan fingerprint density at radius 2 is 2.00 bits per heavy atom. The first-order valence-corrected chi connectivity index (χ1v) is 9.80. The summed E-state index contributed by atoms with van der Waals surface area (Å²) in [5, 5.41) is 3.59. The molecular weight excluding hydrogens is 326 g/mol. The SMILES string of the molecule is CCS(=O)(=O)NCCNC(=O)c1cc(C2CC2)nc2ccccc12. The van der Waals surface area contributed by atoms with E-state index in [4.69, 9.17) is 0 Å². The second-order valence-electron chi connectivity index (χ2n) is 5.94. The molecule has 0 aliphatic heterocycles. The number of pyridine rings is 1. The van der Waals surface area contributed by atoms with E-state index in [2.05, 4.69) is 15.0 Å². The number of rotatable bonds is 7. The van der Waals surface area contributed by atoms with Crippen molar-refractivity contribution in [2.75, 3.05) is 18.8 Å². The fourth-order valence-electron chi connectivity index (χ4n) is 2.55. The monoisotopic (exact) mass is 347 g/mol. The molecule has 0 saturated heterocycles. The number of hydrogen-bond acceptors (Lipinski definition) is 4. The highest BCUT2D eigenvalue weighted by Crippen LogP contribution is 2.40. The molecule has 6 nitrogen and oxygen atoms in total. The highest BCUT2D eigenvalue weighted by molar-refractivity contribution is 7.89. The van der Waals surface area contributed by atoms with Gasteiger partial charge in [0.15, 0.2) is 0 Å². The van der Waals surface area contributed by atoms with Crippen molar-refractivity contribution in [1.82, 2.24) is 15.0 Å². The second kappa shape index (κ2) is 6.86. The minimum absolute atomic E-state index is 0.0285. The minimum atomic E-state index is -3.24. The molecule has 0 spiro atoms. The van der Waals surface area contributed by atoms with Crippen LogP contribution in [0.4, 0.5) is 0 Å². The molecule has 1 fully saturated rings. The van der Waals surface area contributed by atoms with E-state index in [0.29, 0.717) is 11.5 Å². The molecule has 0 radical (unpaired) electrons. The van der Waals surface area contributed by atoms with E-state index in [1.165, 1.54) is 0 Å². The Morgan fingerprint density at radius 3 is 2.71 bits per heavy atom. The molecule has 1 aliphatic carbocycles. The molecule has 2 aromatic rings. The van der Waals surface area contributed by atoms with Gasteiger partial charge in [0.2, 0.25) is 10.0 Å². The number of carbonyl (C=O) groups is 1. The molecular formula is C17H21N3O3S. The van der Waals surface area contributed by atoms with Crippen molar-refractivity contribution >= 4 is 26.8 Å². The molecule has 2 N–H and O–H groups in total. The van der Waals surface area contributed by atoms with Crippen molar-refractivity contribution in [3.63, 3.8) is 0 Å². The van der Waals surface area contributed by atoms with Gasteiger partial charge in [0.25, 0.3) is 5.91 Å². The number of benzene rings is 1. The summed E-state index contributed by atoms with van der Waals surface area (Å²) in [6, 6.07) is 9.45. The van der Waals surface area contributed by atoms with Crippen LogP contribution in [-0.4, -0.2) is 38.2 Å². The molecule has 7 heteroatoms. The Balaban J connectivity index is 1.74. The normalized spacial score (nSPS) is 14.7. The molecule has 1 aromatic carbocycles. The van der Waals surface area contributed by atoms with Gasteiger partial charge in [-0.2, -0.15) is 0 Å². The third kappa shape index (κ3) is 3.91.